The fourth-order valence-electron chi connectivity index (χ4n) is 1.82. The van der Waals surface area contributed by atoms with Crippen molar-refractivity contribution in [2.24, 2.45) is 0 Å². The smallest absolute Gasteiger partial charge is 0.335 e. The van der Waals surface area contributed by atoms with E-state index in [0.717, 1.165) is 11.1 Å². The van der Waals surface area contributed by atoms with Gasteiger partial charge in [0.25, 0.3) is 0 Å². The molecule has 2 aromatic rings. The molecule has 0 fully saturated rings. The van der Waals surface area contributed by atoms with Gasteiger partial charge in [-0.2, -0.15) is 0 Å². The molecule has 1 N–H and O–H groups in total. The predicted octanol–water partition coefficient (Wildman–Crippen LogP) is 3.14. The van der Waals surface area contributed by atoms with Crippen LogP contribution >= 0.6 is 0 Å². The summed E-state index contributed by atoms with van der Waals surface area (Å²) < 4.78 is 25.3. The Morgan fingerprint density at radius 3 is 2.65 bits per heavy atom. The van der Waals surface area contributed by atoms with E-state index in [1.807, 2.05) is 0 Å². The van der Waals surface area contributed by atoms with Crippen molar-refractivity contribution in [3.05, 3.63) is 65.0 Å². The minimum atomic E-state index is -1.36. The van der Waals surface area contributed by atoms with Gasteiger partial charge in [0.2, 0.25) is 0 Å². The van der Waals surface area contributed by atoms with Gasteiger partial charge < -0.3 is 5.11 Å². The summed E-state index contributed by atoms with van der Waals surface area (Å²) in [5.41, 5.74) is 1.62. The van der Waals surface area contributed by atoms with Gasteiger partial charge in [0.05, 0.1) is 22.1 Å². The number of benzene rings is 2. The first kappa shape index (κ1) is 14.4. The van der Waals surface area contributed by atoms with E-state index >= 15 is 0 Å². The molecule has 2 aromatic carbocycles. The first-order valence-electron chi connectivity index (χ1n) is 5.94. The van der Waals surface area contributed by atoms with E-state index in [2.05, 4.69) is 0 Å². The number of carbonyl (C=O) groups is 1. The van der Waals surface area contributed by atoms with Crippen molar-refractivity contribution in [3.63, 3.8) is 0 Å². The fourth-order valence-corrected chi connectivity index (χ4v) is 3.08. The number of aromatic carboxylic acids is 1. The van der Waals surface area contributed by atoms with E-state index in [1.54, 1.807) is 25.1 Å². The quantitative estimate of drug-likeness (QED) is 0.942. The van der Waals surface area contributed by atoms with Crippen LogP contribution in [0, 0.1) is 12.7 Å². The molecule has 2 rings (SSSR count). The third kappa shape index (κ3) is 3.30. The number of carboxylic acids is 1. The van der Waals surface area contributed by atoms with E-state index in [-0.39, 0.29) is 17.1 Å². The lowest BCUT2D eigenvalue weighted by Gasteiger charge is -2.07. The van der Waals surface area contributed by atoms with Crippen LogP contribution in [0.2, 0.25) is 0 Å². The minimum Gasteiger partial charge on any atom is -0.478 e. The molecule has 0 bridgehead atoms. The van der Waals surface area contributed by atoms with Crippen molar-refractivity contribution in [1.29, 1.82) is 0 Å². The molecule has 104 valence electrons. The molecule has 1 unspecified atom stereocenters. The van der Waals surface area contributed by atoms with Crippen molar-refractivity contribution in [3.8, 4) is 0 Å². The summed E-state index contributed by atoms with van der Waals surface area (Å²) in [6.45, 7) is 1.75. The van der Waals surface area contributed by atoms with Gasteiger partial charge in [0, 0.05) is 4.90 Å². The standard InChI is InChI=1S/C15H13FO3S/c1-10-7-13(16)6-5-12(10)9-20(19)14-4-2-3-11(8-14)15(17)18/h2-8H,9H2,1H3,(H,17,18). The van der Waals surface area contributed by atoms with Crippen LogP contribution in [0.15, 0.2) is 47.4 Å². The zero-order valence-corrected chi connectivity index (χ0v) is 11.6. The normalized spacial score (nSPS) is 12.1. The summed E-state index contributed by atoms with van der Waals surface area (Å²) in [4.78, 5) is 11.3. The molecular weight excluding hydrogens is 279 g/mol. The predicted molar refractivity (Wildman–Crippen MR) is 74.7 cm³/mol. The van der Waals surface area contributed by atoms with Gasteiger partial charge in [-0.25, -0.2) is 9.18 Å². The lowest BCUT2D eigenvalue weighted by Crippen LogP contribution is -2.02. The lowest BCUT2D eigenvalue weighted by molar-refractivity contribution is 0.0696. The zero-order valence-electron chi connectivity index (χ0n) is 10.8. The second-order valence-corrected chi connectivity index (χ2v) is 5.84. The Kier molecular flexibility index (Phi) is 4.29. The van der Waals surface area contributed by atoms with Crippen LogP contribution in [0.5, 0.6) is 0 Å². The SMILES string of the molecule is Cc1cc(F)ccc1CS(=O)c1cccc(C(=O)O)c1. The van der Waals surface area contributed by atoms with Crippen molar-refractivity contribution in [1.82, 2.24) is 0 Å². The van der Waals surface area contributed by atoms with Crippen LogP contribution in [-0.4, -0.2) is 15.3 Å². The lowest BCUT2D eigenvalue weighted by atomic mass is 10.1. The van der Waals surface area contributed by atoms with E-state index in [4.69, 9.17) is 5.11 Å². The van der Waals surface area contributed by atoms with Crippen LogP contribution < -0.4 is 0 Å². The summed E-state index contributed by atoms with van der Waals surface area (Å²) in [5.74, 6) is -1.15. The largest absolute Gasteiger partial charge is 0.478 e. The molecule has 0 saturated heterocycles. The summed E-state index contributed by atoms with van der Waals surface area (Å²) >= 11 is 0. The maximum absolute atomic E-state index is 13.0. The van der Waals surface area contributed by atoms with Gasteiger partial charge in [-0.05, 0) is 48.4 Å². The van der Waals surface area contributed by atoms with Crippen LogP contribution in [0.25, 0.3) is 0 Å². The second-order valence-electron chi connectivity index (χ2n) is 4.39. The Bertz CT molecular complexity index is 683. The number of carboxylic acid groups (broad SMARTS) is 1. The summed E-state index contributed by atoms with van der Waals surface area (Å²) in [5, 5.41) is 8.91. The highest BCUT2D eigenvalue weighted by molar-refractivity contribution is 7.84. The van der Waals surface area contributed by atoms with Crippen LogP contribution in [0.4, 0.5) is 4.39 Å². The first-order valence-corrected chi connectivity index (χ1v) is 7.26. The summed E-state index contributed by atoms with van der Waals surface area (Å²) in [7, 11) is -1.36. The molecule has 0 aliphatic carbocycles. The highest BCUT2D eigenvalue weighted by Gasteiger charge is 2.10. The first-order chi connectivity index (χ1) is 9.47. The van der Waals surface area contributed by atoms with Gasteiger partial charge >= 0.3 is 5.97 Å². The third-order valence-electron chi connectivity index (χ3n) is 2.94. The molecular formula is C15H13FO3S. The minimum absolute atomic E-state index is 0.103. The number of hydrogen-bond acceptors (Lipinski definition) is 2. The number of hydrogen-bond donors (Lipinski definition) is 1. The number of aryl methyl sites for hydroxylation is 1. The average Bonchev–Trinajstić information content (AvgIpc) is 2.42. The van der Waals surface area contributed by atoms with Crippen molar-refractivity contribution in [2.45, 2.75) is 17.6 Å². The molecule has 0 spiro atoms. The second kappa shape index (κ2) is 5.96. The molecule has 0 heterocycles. The van der Waals surface area contributed by atoms with Gasteiger partial charge in [-0.1, -0.05) is 12.1 Å². The van der Waals surface area contributed by atoms with E-state index in [0.29, 0.717) is 4.90 Å². The van der Waals surface area contributed by atoms with Gasteiger partial charge in [0.1, 0.15) is 5.82 Å². The molecule has 0 aromatic heterocycles. The van der Waals surface area contributed by atoms with Gasteiger partial charge in [-0.15, -0.1) is 0 Å². The van der Waals surface area contributed by atoms with E-state index in [9.17, 15) is 13.4 Å². The maximum Gasteiger partial charge on any atom is 0.335 e. The Balaban J connectivity index is 2.24. The van der Waals surface area contributed by atoms with Crippen LogP contribution in [0.1, 0.15) is 21.5 Å². The molecule has 5 heteroatoms. The Morgan fingerprint density at radius 2 is 2.00 bits per heavy atom. The Hall–Kier alpha value is -2.01. The van der Waals surface area contributed by atoms with Crippen molar-refractivity contribution < 1.29 is 18.5 Å². The third-order valence-corrected chi connectivity index (χ3v) is 4.29. The highest BCUT2D eigenvalue weighted by atomic mass is 32.2. The average molecular weight is 292 g/mol. The van der Waals surface area contributed by atoms with E-state index in [1.165, 1.54) is 24.3 Å². The molecule has 0 saturated carbocycles. The number of rotatable bonds is 4. The van der Waals surface area contributed by atoms with Crippen molar-refractivity contribution in [2.75, 3.05) is 0 Å². The monoisotopic (exact) mass is 292 g/mol. The summed E-state index contributed by atoms with van der Waals surface area (Å²) in [6.07, 6.45) is 0. The molecule has 20 heavy (non-hydrogen) atoms. The number of halogens is 1. The molecule has 0 aliphatic heterocycles. The molecule has 0 aliphatic rings. The highest BCUT2D eigenvalue weighted by Crippen LogP contribution is 2.17. The van der Waals surface area contributed by atoms with E-state index < -0.39 is 16.8 Å². The molecule has 0 radical (unpaired) electrons. The maximum atomic E-state index is 13.0. The van der Waals surface area contributed by atoms with Crippen LogP contribution in [-0.2, 0) is 16.6 Å². The van der Waals surface area contributed by atoms with Crippen molar-refractivity contribution >= 4 is 16.8 Å². The molecule has 0 amide bonds. The topological polar surface area (TPSA) is 54.4 Å². The zero-order chi connectivity index (χ0) is 14.7. The van der Waals surface area contributed by atoms with Gasteiger partial charge in [-0.3, -0.25) is 4.21 Å². The fraction of sp³-hybridized carbons (Fsp3) is 0.133. The summed E-state index contributed by atoms with van der Waals surface area (Å²) in [6, 6.07) is 10.4. The Labute approximate surface area is 118 Å². The van der Waals surface area contributed by atoms with Crippen LogP contribution in [0.3, 0.4) is 0 Å². The van der Waals surface area contributed by atoms with Gasteiger partial charge in [0.15, 0.2) is 0 Å². The molecule has 3 nitrogen and oxygen atoms in total. The Morgan fingerprint density at radius 1 is 1.25 bits per heavy atom. The molecule has 1 atom stereocenters.